The maximum Gasteiger partial charge on any atom is 0.0720 e. The third-order valence-electron chi connectivity index (χ3n) is 15.2. The molecule has 10 aromatic carbocycles. The van der Waals surface area contributed by atoms with Gasteiger partial charge >= 0.3 is 0 Å². The maximum atomic E-state index is 2.57. The zero-order valence-electron chi connectivity index (χ0n) is 34.8. The maximum absolute atomic E-state index is 2.57. The second-order valence-corrected chi connectivity index (χ2v) is 17.9. The molecular weight excluding hydrogens is 773 g/mol. The predicted octanol–water partition coefficient (Wildman–Crippen LogP) is 14.9. The molecule has 296 valence electrons. The van der Waals surface area contributed by atoms with Crippen LogP contribution in [0.15, 0.2) is 231 Å². The minimum Gasteiger partial charge on any atom is -0.309 e. The van der Waals surface area contributed by atoms with Crippen LogP contribution in [0.5, 0.6) is 0 Å². The van der Waals surface area contributed by atoms with E-state index in [0.29, 0.717) is 0 Å². The van der Waals surface area contributed by atoms with Gasteiger partial charge in [0.05, 0.1) is 32.9 Å². The number of aromatic nitrogens is 2. The van der Waals surface area contributed by atoms with E-state index in [1.54, 1.807) is 0 Å². The molecule has 2 heterocycles. The van der Waals surface area contributed by atoms with E-state index in [0.717, 1.165) is 11.4 Å². The van der Waals surface area contributed by atoms with Crippen LogP contribution in [0, 0.1) is 0 Å². The average Bonchev–Trinajstić information content (AvgIpc) is 4.06. The van der Waals surface area contributed by atoms with Crippen molar-refractivity contribution < 1.29 is 0 Å². The number of para-hydroxylation sites is 3. The standard InChI is InChI=1S/C62H38N2/c1-7-23-49-41(17-1)42-18-2-8-24-50(42)61(49)52-26-10-12-28-54(52)62(55-29-13-11-27-53(55)61)51-25-9-3-19-43(51)47-38-60-48(37-56(47)62)46-22-6-16-32-59(46)64(60)40-35-33-39(34-36-40)63-57-30-14-4-20-44(57)45-21-5-15-31-58(45)63/h1-38H. The summed E-state index contributed by atoms with van der Waals surface area (Å²) < 4.78 is 4.88. The highest BCUT2D eigenvalue weighted by atomic mass is 15.0. The van der Waals surface area contributed by atoms with Gasteiger partial charge in [0.25, 0.3) is 0 Å². The van der Waals surface area contributed by atoms with Gasteiger partial charge in [-0.05, 0) is 121 Å². The van der Waals surface area contributed by atoms with E-state index in [-0.39, 0.29) is 0 Å². The molecule has 0 aliphatic heterocycles. The smallest absolute Gasteiger partial charge is 0.0720 e. The Morgan fingerprint density at radius 3 is 0.969 bits per heavy atom. The summed E-state index contributed by atoms with van der Waals surface area (Å²) in [5, 5.41) is 5.06. The summed E-state index contributed by atoms with van der Waals surface area (Å²) in [6.07, 6.45) is 0. The van der Waals surface area contributed by atoms with Gasteiger partial charge in [-0.1, -0.05) is 176 Å². The second-order valence-electron chi connectivity index (χ2n) is 17.9. The monoisotopic (exact) mass is 810 g/mol. The third-order valence-corrected chi connectivity index (χ3v) is 15.2. The molecule has 0 radical (unpaired) electrons. The summed E-state index contributed by atoms with van der Waals surface area (Å²) >= 11 is 0. The molecule has 0 fully saturated rings. The second kappa shape index (κ2) is 12.2. The minimum absolute atomic E-state index is 0.463. The molecule has 2 aromatic heterocycles. The van der Waals surface area contributed by atoms with E-state index in [1.165, 1.54) is 110 Å². The SMILES string of the molecule is c1ccc2c(c1)-c1ccccc1C21c2ccccc2C2(c3ccccc3-c3cc4c(cc32)c2ccccc2n4-c2ccc(-n3c4ccccc4c4ccccc43)cc2)c2ccccc21. The lowest BCUT2D eigenvalue weighted by Crippen LogP contribution is -2.43. The molecule has 64 heavy (non-hydrogen) atoms. The molecule has 3 aliphatic carbocycles. The van der Waals surface area contributed by atoms with Gasteiger partial charge in [0.2, 0.25) is 0 Å². The largest absolute Gasteiger partial charge is 0.309 e. The lowest BCUT2D eigenvalue weighted by Gasteiger charge is -2.48. The molecule has 0 N–H and O–H groups in total. The van der Waals surface area contributed by atoms with Gasteiger partial charge < -0.3 is 9.13 Å². The van der Waals surface area contributed by atoms with Crippen molar-refractivity contribution in [1.82, 2.24) is 9.13 Å². The van der Waals surface area contributed by atoms with Crippen molar-refractivity contribution in [2.75, 3.05) is 0 Å². The highest BCUT2D eigenvalue weighted by molar-refractivity contribution is 6.12. The zero-order valence-corrected chi connectivity index (χ0v) is 34.8. The normalized spacial score (nSPS) is 14.5. The summed E-state index contributed by atoms with van der Waals surface area (Å²) in [4.78, 5) is 0. The average molecular weight is 811 g/mol. The summed E-state index contributed by atoms with van der Waals surface area (Å²) in [5.41, 5.74) is 22.2. The summed E-state index contributed by atoms with van der Waals surface area (Å²) in [5.74, 6) is 0. The Kier molecular flexibility index (Phi) is 6.58. The van der Waals surface area contributed by atoms with Gasteiger partial charge in [0.1, 0.15) is 0 Å². The van der Waals surface area contributed by atoms with Crippen molar-refractivity contribution >= 4 is 43.6 Å². The van der Waals surface area contributed by atoms with E-state index >= 15 is 0 Å². The first-order valence-corrected chi connectivity index (χ1v) is 22.4. The predicted molar refractivity (Wildman–Crippen MR) is 263 cm³/mol. The fraction of sp³-hybridized carbons (Fsp3) is 0.0323. The Hall–Kier alpha value is -8.20. The Labute approximate surface area is 370 Å². The Morgan fingerprint density at radius 1 is 0.219 bits per heavy atom. The van der Waals surface area contributed by atoms with Crippen LogP contribution in [0.4, 0.5) is 0 Å². The first-order valence-electron chi connectivity index (χ1n) is 22.4. The topological polar surface area (TPSA) is 9.86 Å². The summed E-state index contributed by atoms with van der Waals surface area (Å²) in [7, 11) is 0. The van der Waals surface area contributed by atoms with Gasteiger partial charge in [-0.2, -0.15) is 0 Å². The molecule has 3 aliphatic rings. The van der Waals surface area contributed by atoms with Crippen LogP contribution >= 0.6 is 0 Å². The number of benzene rings is 10. The zero-order chi connectivity index (χ0) is 41.7. The Balaban J connectivity index is 1.00. The molecule has 2 spiro atoms. The van der Waals surface area contributed by atoms with Crippen molar-refractivity contribution in [3.8, 4) is 33.6 Å². The van der Waals surface area contributed by atoms with E-state index in [1.807, 2.05) is 0 Å². The van der Waals surface area contributed by atoms with Gasteiger partial charge in [-0.25, -0.2) is 0 Å². The lowest BCUT2D eigenvalue weighted by molar-refractivity contribution is 0.633. The van der Waals surface area contributed by atoms with Crippen LogP contribution in [0.1, 0.15) is 44.5 Å². The molecule has 0 bridgehead atoms. The van der Waals surface area contributed by atoms with Crippen molar-refractivity contribution in [2.24, 2.45) is 0 Å². The van der Waals surface area contributed by atoms with Crippen LogP contribution in [-0.2, 0) is 10.8 Å². The van der Waals surface area contributed by atoms with Crippen LogP contribution in [0.3, 0.4) is 0 Å². The molecule has 0 atom stereocenters. The number of hydrogen-bond donors (Lipinski definition) is 0. The van der Waals surface area contributed by atoms with Crippen LogP contribution < -0.4 is 0 Å². The lowest BCUT2D eigenvalue weighted by atomic mass is 9.52. The molecule has 0 unspecified atom stereocenters. The van der Waals surface area contributed by atoms with Gasteiger partial charge in [-0.15, -0.1) is 0 Å². The quantitative estimate of drug-likeness (QED) is 0.165. The highest BCUT2D eigenvalue weighted by Gasteiger charge is 2.59. The van der Waals surface area contributed by atoms with Gasteiger partial charge in [0, 0.05) is 32.9 Å². The summed E-state index contributed by atoms with van der Waals surface area (Å²) in [6, 6.07) is 87.0. The Bertz CT molecular complexity index is 3820. The number of fused-ring (bicyclic) bond motifs is 22. The highest BCUT2D eigenvalue weighted by Crippen LogP contribution is 2.67. The van der Waals surface area contributed by atoms with E-state index in [9.17, 15) is 0 Å². The molecular formula is C62H38N2. The van der Waals surface area contributed by atoms with Crippen molar-refractivity contribution in [1.29, 1.82) is 0 Å². The van der Waals surface area contributed by atoms with E-state index in [2.05, 4.69) is 240 Å². The van der Waals surface area contributed by atoms with Gasteiger partial charge in [-0.3, -0.25) is 0 Å². The number of hydrogen-bond acceptors (Lipinski definition) is 0. The van der Waals surface area contributed by atoms with E-state index in [4.69, 9.17) is 0 Å². The first-order chi connectivity index (χ1) is 31.8. The van der Waals surface area contributed by atoms with E-state index < -0.39 is 10.8 Å². The molecule has 2 heteroatoms. The first kappa shape index (κ1) is 34.4. The molecule has 0 amide bonds. The number of rotatable bonds is 2. The molecule has 15 rings (SSSR count). The molecule has 0 saturated carbocycles. The summed E-state index contributed by atoms with van der Waals surface area (Å²) in [6.45, 7) is 0. The fourth-order valence-corrected chi connectivity index (χ4v) is 12.9. The molecule has 2 nitrogen and oxygen atoms in total. The van der Waals surface area contributed by atoms with Crippen LogP contribution in [-0.4, -0.2) is 9.13 Å². The molecule has 12 aromatic rings. The van der Waals surface area contributed by atoms with Crippen LogP contribution in [0.2, 0.25) is 0 Å². The van der Waals surface area contributed by atoms with Crippen LogP contribution in [0.25, 0.3) is 77.2 Å². The van der Waals surface area contributed by atoms with Crippen molar-refractivity contribution in [3.05, 3.63) is 275 Å². The van der Waals surface area contributed by atoms with Gasteiger partial charge in [0.15, 0.2) is 0 Å². The molecule has 0 saturated heterocycles. The van der Waals surface area contributed by atoms with Crippen molar-refractivity contribution in [2.45, 2.75) is 10.8 Å². The third kappa shape index (κ3) is 3.99. The van der Waals surface area contributed by atoms with Crippen molar-refractivity contribution in [3.63, 3.8) is 0 Å². The minimum atomic E-state index is -0.543. The number of nitrogens with zero attached hydrogens (tertiary/aromatic N) is 2. The Morgan fingerprint density at radius 2 is 0.531 bits per heavy atom. The fourth-order valence-electron chi connectivity index (χ4n) is 12.9.